The minimum Gasteiger partial charge on any atom is -0.394 e. The Hall–Kier alpha value is -2.44. The van der Waals surface area contributed by atoms with E-state index >= 15 is 0 Å². The molecule has 0 aliphatic rings. The summed E-state index contributed by atoms with van der Waals surface area (Å²) in [4.78, 5) is 9.08. The Balaban J connectivity index is 1.97. The van der Waals surface area contributed by atoms with Crippen molar-refractivity contribution in [3.05, 3.63) is 65.1 Å². The van der Waals surface area contributed by atoms with Crippen LogP contribution < -0.4 is 10.6 Å². The van der Waals surface area contributed by atoms with Gasteiger partial charge in [-0.25, -0.2) is 4.98 Å². The Kier molecular flexibility index (Phi) is 5.63. The van der Waals surface area contributed by atoms with Crippen molar-refractivity contribution in [3.63, 3.8) is 0 Å². The molecule has 0 spiro atoms. The Morgan fingerprint density at radius 3 is 2.56 bits per heavy atom. The van der Waals surface area contributed by atoms with Crippen LogP contribution in [0, 0.1) is 0 Å². The fourth-order valence-corrected chi connectivity index (χ4v) is 2.71. The van der Waals surface area contributed by atoms with Crippen molar-refractivity contribution in [2.24, 2.45) is 0 Å². The fraction of sp³-hybridized carbons (Fsp3) is 0.158. The molecule has 0 aliphatic carbocycles. The number of nitrogens with zero attached hydrogens (tertiary/aromatic N) is 2. The molecule has 1 heterocycles. The molecule has 3 N–H and O–H groups in total. The maximum Gasteiger partial charge on any atom is 0.225 e. The molecule has 0 bridgehead atoms. The molecule has 0 saturated carbocycles. The van der Waals surface area contributed by atoms with E-state index in [0.717, 1.165) is 21.4 Å². The van der Waals surface area contributed by atoms with Gasteiger partial charge in [-0.05, 0) is 25.1 Å². The first-order chi connectivity index (χ1) is 12.1. The van der Waals surface area contributed by atoms with Crippen LogP contribution in [-0.2, 0) is 0 Å². The summed E-state index contributed by atoms with van der Waals surface area (Å²) in [6, 6.07) is 19.6. The molecule has 0 saturated heterocycles. The Labute approximate surface area is 155 Å². The first kappa shape index (κ1) is 17.4. The van der Waals surface area contributed by atoms with Crippen molar-refractivity contribution in [1.82, 2.24) is 9.97 Å². The third-order valence-electron chi connectivity index (χ3n) is 3.54. The maximum atomic E-state index is 9.28. The predicted octanol–water partition coefficient (Wildman–Crippen LogP) is 4.44. The molecule has 1 aromatic heterocycles. The molecule has 25 heavy (non-hydrogen) atoms. The van der Waals surface area contributed by atoms with Gasteiger partial charge in [0.25, 0.3) is 0 Å². The molecule has 3 aromatic rings. The van der Waals surface area contributed by atoms with E-state index < -0.39 is 0 Å². The number of hydrogen-bond donors (Lipinski definition) is 3. The second-order valence-corrected chi connectivity index (χ2v) is 6.61. The molecule has 6 heteroatoms. The normalized spacial score (nSPS) is 11.8. The first-order valence-electron chi connectivity index (χ1n) is 7.98. The third-order valence-corrected chi connectivity index (χ3v) is 4.04. The molecule has 1 atom stereocenters. The zero-order valence-electron chi connectivity index (χ0n) is 13.8. The zero-order valence-corrected chi connectivity index (χ0v) is 15.4. The smallest absolute Gasteiger partial charge is 0.225 e. The van der Waals surface area contributed by atoms with Crippen LogP contribution in [0.1, 0.15) is 6.92 Å². The summed E-state index contributed by atoms with van der Waals surface area (Å²) in [6.45, 7) is 1.88. The lowest BCUT2D eigenvalue weighted by atomic mass is 10.1. The van der Waals surface area contributed by atoms with Crippen LogP contribution in [0.2, 0.25) is 0 Å². The van der Waals surface area contributed by atoms with E-state index in [1.54, 1.807) is 0 Å². The highest BCUT2D eigenvalue weighted by atomic mass is 79.9. The fourth-order valence-electron chi connectivity index (χ4n) is 2.31. The minimum atomic E-state index is -0.134. The summed E-state index contributed by atoms with van der Waals surface area (Å²) < 4.78 is 0.988. The van der Waals surface area contributed by atoms with Gasteiger partial charge >= 0.3 is 0 Å². The molecule has 128 valence electrons. The van der Waals surface area contributed by atoms with Crippen molar-refractivity contribution in [2.45, 2.75) is 13.0 Å². The van der Waals surface area contributed by atoms with E-state index in [1.165, 1.54) is 0 Å². The van der Waals surface area contributed by atoms with Crippen LogP contribution in [0.15, 0.2) is 65.1 Å². The second-order valence-electron chi connectivity index (χ2n) is 5.69. The largest absolute Gasteiger partial charge is 0.394 e. The van der Waals surface area contributed by atoms with Gasteiger partial charge in [0.1, 0.15) is 5.82 Å². The monoisotopic (exact) mass is 398 g/mol. The Bertz CT molecular complexity index is 842. The summed E-state index contributed by atoms with van der Waals surface area (Å²) in [5.74, 6) is 1.15. The van der Waals surface area contributed by atoms with Gasteiger partial charge in [-0.3, -0.25) is 0 Å². The number of benzene rings is 2. The lowest BCUT2D eigenvalue weighted by molar-refractivity contribution is 0.281. The summed E-state index contributed by atoms with van der Waals surface area (Å²) >= 11 is 3.47. The van der Waals surface area contributed by atoms with E-state index in [4.69, 9.17) is 0 Å². The van der Waals surface area contributed by atoms with Gasteiger partial charge in [-0.15, -0.1) is 0 Å². The van der Waals surface area contributed by atoms with E-state index in [-0.39, 0.29) is 12.6 Å². The average molecular weight is 399 g/mol. The lowest BCUT2D eigenvalue weighted by Gasteiger charge is -2.14. The number of anilines is 3. The number of nitrogens with one attached hydrogen (secondary N) is 2. The standard InChI is InChI=1S/C19H19BrN4O/c1-13(12-25)21-19-23-17(14-6-3-2-4-7-14)11-18(24-19)22-16-9-5-8-15(20)10-16/h2-11,13,25H,12H2,1H3,(H2,21,22,23,24)/t13-/m1/s1. The highest BCUT2D eigenvalue weighted by Gasteiger charge is 2.09. The van der Waals surface area contributed by atoms with E-state index in [0.29, 0.717) is 11.8 Å². The van der Waals surface area contributed by atoms with Gasteiger partial charge in [0.15, 0.2) is 0 Å². The molecule has 0 unspecified atom stereocenters. The highest BCUT2D eigenvalue weighted by Crippen LogP contribution is 2.25. The molecule has 0 fully saturated rings. The van der Waals surface area contributed by atoms with Crippen LogP contribution in [0.3, 0.4) is 0 Å². The van der Waals surface area contributed by atoms with Crippen LogP contribution in [0.25, 0.3) is 11.3 Å². The van der Waals surface area contributed by atoms with Gasteiger partial charge in [-0.2, -0.15) is 4.98 Å². The van der Waals surface area contributed by atoms with Crippen molar-refractivity contribution in [3.8, 4) is 11.3 Å². The Morgan fingerprint density at radius 1 is 1.04 bits per heavy atom. The molecule has 0 radical (unpaired) electrons. The SMILES string of the molecule is C[C@H](CO)Nc1nc(Nc2cccc(Br)c2)cc(-c2ccccc2)n1. The molecule has 2 aromatic carbocycles. The molecular weight excluding hydrogens is 380 g/mol. The van der Waals surface area contributed by atoms with Crippen LogP contribution in [-0.4, -0.2) is 27.7 Å². The summed E-state index contributed by atoms with van der Waals surface area (Å²) in [6.07, 6.45) is 0. The molecule has 0 amide bonds. The molecule has 0 aliphatic heterocycles. The molecule has 5 nitrogen and oxygen atoms in total. The second kappa shape index (κ2) is 8.09. The van der Waals surface area contributed by atoms with Crippen molar-refractivity contribution in [1.29, 1.82) is 0 Å². The average Bonchev–Trinajstić information content (AvgIpc) is 2.62. The van der Waals surface area contributed by atoms with Crippen LogP contribution >= 0.6 is 15.9 Å². The number of aromatic nitrogens is 2. The number of aliphatic hydroxyl groups excluding tert-OH is 1. The van der Waals surface area contributed by atoms with Crippen molar-refractivity contribution >= 4 is 33.4 Å². The van der Waals surface area contributed by atoms with E-state index in [1.807, 2.05) is 67.6 Å². The summed E-state index contributed by atoms with van der Waals surface area (Å²) in [5.41, 5.74) is 2.73. The van der Waals surface area contributed by atoms with E-state index in [9.17, 15) is 5.11 Å². The minimum absolute atomic E-state index is 0.00726. The summed E-state index contributed by atoms with van der Waals surface area (Å²) in [5, 5.41) is 15.7. The first-order valence-corrected chi connectivity index (χ1v) is 8.78. The quantitative estimate of drug-likeness (QED) is 0.572. The van der Waals surface area contributed by atoms with Crippen LogP contribution in [0.4, 0.5) is 17.5 Å². The van der Waals surface area contributed by atoms with Crippen molar-refractivity contribution < 1.29 is 5.11 Å². The summed E-state index contributed by atoms with van der Waals surface area (Å²) in [7, 11) is 0. The number of rotatable bonds is 6. The van der Waals surface area contributed by atoms with Gasteiger partial charge in [0, 0.05) is 27.8 Å². The van der Waals surface area contributed by atoms with Crippen LogP contribution in [0.5, 0.6) is 0 Å². The highest BCUT2D eigenvalue weighted by molar-refractivity contribution is 9.10. The lowest BCUT2D eigenvalue weighted by Crippen LogP contribution is -2.21. The third kappa shape index (κ3) is 4.78. The number of aliphatic hydroxyl groups is 1. The van der Waals surface area contributed by atoms with Gasteiger partial charge in [0.2, 0.25) is 5.95 Å². The zero-order chi connectivity index (χ0) is 17.6. The van der Waals surface area contributed by atoms with Gasteiger partial charge in [-0.1, -0.05) is 52.3 Å². The molecule has 3 rings (SSSR count). The van der Waals surface area contributed by atoms with Gasteiger partial charge in [0.05, 0.1) is 12.3 Å². The molecular formula is C19H19BrN4O. The Morgan fingerprint density at radius 2 is 1.84 bits per heavy atom. The maximum absolute atomic E-state index is 9.28. The number of hydrogen-bond acceptors (Lipinski definition) is 5. The van der Waals surface area contributed by atoms with Gasteiger partial charge < -0.3 is 15.7 Å². The predicted molar refractivity (Wildman–Crippen MR) is 105 cm³/mol. The van der Waals surface area contributed by atoms with E-state index in [2.05, 4.69) is 36.5 Å². The number of halogens is 1. The topological polar surface area (TPSA) is 70.1 Å². The van der Waals surface area contributed by atoms with Crippen molar-refractivity contribution in [2.75, 3.05) is 17.2 Å².